The normalized spacial score (nSPS) is 20.6. The first-order valence-electron chi connectivity index (χ1n) is 9.74. The summed E-state index contributed by atoms with van der Waals surface area (Å²) in [6.07, 6.45) is 2.85. The molecule has 1 amide bonds. The van der Waals surface area contributed by atoms with E-state index in [4.69, 9.17) is 0 Å². The molecule has 6 nitrogen and oxygen atoms in total. The molecule has 0 spiro atoms. The van der Waals surface area contributed by atoms with Crippen LogP contribution in [-0.2, 0) is 17.8 Å². The predicted octanol–water partition coefficient (Wildman–Crippen LogP) is 3.17. The summed E-state index contributed by atoms with van der Waals surface area (Å²) >= 11 is 1.61. The van der Waals surface area contributed by atoms with Crippen LogP contribution < -0.4 is 5.56 Å². The van der Waals surface area contributed by atoms with E-state index in [9.17, 15) is 9.59 Å². The molecule has 27 heavy (non-hydrogen) atoms. The van der Waals surface area contributed by atoms with Crippen LogP contribution in [0.4, 0.5) is 0 Å². The van der Waals surface area contributed by atoms with Gasteiger partial charge < -0.3 is 4.90 Å². The lowest BCUT2D eigenvalue weighted by Gasteiger charge is -2.35. The van der Waals surface area contributed by atoms with E-state index in [2.05, 4.69) is 25.9 Å². The summed E-state index contributed by atoms with van der Waals surface area (Å²) in [5.74, 6) is 1.83. The van der Waals surface area contributed by atoms with Gasteiger partial charge in [-0.05, 0) is 42.2 Å². The van der Waals surface area contributed by atoms with Crippen molar-refractivity contribution in [3.8, 4) is 0 Å². The van der Waals surface area contributed by atoms with Gasteiger partial charge in [-0.15, -0.1) is 11.3 Å². The lowest BCUT2D eigenvalue weighted by molar-refractivity contribution is -0.134. The first-order valence-corrected chi connectivity index (χ1v) is 10.6. The number of hydrogen-bond acceptors (Lipinski definition) is 4. The number of carbonyl (C=O) groups excluding carboxylic acids is 1. The Balaban J connectivity index is 1.72. The lowest BCUT2D eigenvalue weighted by Crippen LogP contribution is -2.45. The minimum absolute atomic E-state index is 0.0110. The summed E-state index contributed by atoms with van der Waals surface area (Å²) in [6.45, 7) is 8.01. The van der Waals surface area contributed by atoms with Crippen molar-refractivity contribution in [3.63, 3.8) is 0 Å². The molecule has 0 bridgehead atoms. The molecule has 0 radical (unpaired) electrons. The SMILES string of the molecule is CCCc1nn(CC(=O)N2C[C@@H](C)C[C@H](C)C2)c(=O)c2cc3ccsc3n12. The molecule has 3 aromatic heterocycles. The second-order valence-electron chi connectivity index (χ2n) is 7.92. The summed E-state index contributed by atoms with van der Waals surface area (Å²) in [5, 5.41) is 7.67. The first kappa shape index (κ1) is 18.2. The molecule has 1 saturated heterocycles. The molecule has 4 heterocycles. The fourth-order valence-corrected chi connectivity index (χ4v) is 5.20. The quantitative estimate of drug-likeness (QED) is 0.692. The van der Waals surface area contributed by atoms with Gasteiger partial charge in [-0.3, -0.25) is 14.0 Å². The van der Waals surface area contributed by atoms with Gasteiger partial charge in [-0.25, -0.2) is 4.68 Å². The van der Waals surface area contributed by atoms with Crippen LogP contribution in [0.1, 0.15) is 39.4 Å². The van der Waals surface area contributed by atoms with Crippen LogP contribution in [0.15, 0.2) is 22.3 Å². The molecule has 2 atom stereocenters. The van der Waals surface area contributed by atoms with Crippen molar-refractivity contribution in [2.24, 2.45) is 11.8 Å². The van der Waals surface area contributed by atoms with Crippen LogP contribution in [0.25, 0.3) is 15.7 Å². The molecular formula is C20H26N4O2S. The molecule has 7 heteroatoms. The minimum Gasteiger partial charge on any atom is -0.341 e. The van der Waals surface area contributed by atoms with Gasteiger partial charge in [0.2, 0.25) is 5.91 Å². The van der Waals surface area contributed by atoms with Gasteiger partial charge in [-0.2, -0.15) is 5.10 Å². The van der Waals surface area contributed by atoms with Crippen molar-refractivity contribution in [1.29, 1.82) is 0 Å². The lowest BCUT2D eigenvalue weighted by atomic mass is 9.92. The zero-order valence-corrected chi connectivity index (χ0v) is 17.0. The Morgan fingerprint density at radius 2 is 2.04 bits per heavy atom. The maximum Gasteiger partial charge on any atom is 0.291 e. The van der Waals surface area contributed by atoms with E-state index in [0.29, 0.717) is 17.4 Å². The number of amides is 1. The van der Waals surface area contributed by atoms with Crippen LogP contribution in [0.3, 0.4) is 0 Å². The van der Waals surface area contributed by atoms with Crippen LogP contribution in [-0.4, -0.2) is 38.1 Å². The van der Waals surface area contributed by atoms with Crippen molar-refractivity contribution in [3.05, 3.63) is 33.7 Å². The molecule has 0 aromatic carbocycles. The highest BCUT2D eigenvalue weighted by atomic mass is 32.1. The van der Waals surface area contributed by atoms with Gasteiger partial charge in [0.15, 0.2) is 0 Å². The van der Waals surface area contributed by atoms with E-state index in [1.807, 2.05) is 26.8 Å². The second-order valence-corrected chi connectivity index (χ2v) is 8.81. The Kier molecular flexibility index (Phi) is 4.80. The van der Waals surface area contributed by atoms with Crippen molar-refractivity contribution in [2.45, 2.75) is 46.6 Å². The fourth-order valence-electron chi connectivity index (χ4n) is 4.29. The van der Waals surface area contributed by atoms with Gasteiger partial charge in [0.25, 0.3) is 5.56 Å². The number of carbonyl (C=O) groups is 1. The molecule has 0 unspecified atom stereocenters. The Morgan fingerprint density at radius 3 is 2.74 bits per heavy atom. The number of rotatable bonds is 4. The number of hydrogen-bond donors (Lipinski definition) is 0. The largest absolute Gasteiger partial charge is 0.341 e. The zero-order valence-electron chi connectivity index (χ0n) is 16.1. The second kappa shape index (κ2) is 7.11. The van der Waals surface area contributed by atoms with E-state index >= 15 is 0 Å². The smallest absolute Gasteiger partial charge is 0.291 e. The van der Waals surface area contributed by atoms with Crippen LogP contribution in [0.5, 0.6) is 0 Å². The van der Waals surface area contributed by atoms with Crippen molar-refractivity contribution in [1.82, 2.24) is 19.1 Å². The summed E-state index contributed by atoms with van der Waals surface area (Å²) in [7, 11) is 0. The molecule has 0 N–H and O–H groups in total. The number of nitrogens with zero attached hydrogens (tertiary/aromatic N) is 4. The van der Waals surface area contributed by atoms with E-state index in [0.717, 1.165) is 48.4 Å². The maximum absolute atomic E-state index is 13.0. The van der Waals surface area contributed by atoms with Crippen LogP contribution in [0, 0.1) is 11.8 Å². The van der Waals surface area contributed by atoms with Crippen LogP contribution >= 0.6 is 11.3 Å². The number of likely N-dealkylation sites (tertiary alicyclic amines) is 1. The monoisotopic (exact) mass is 386 g/mol. The summed E-state index contributed by atoms with van der Waals surface area (Å²) in [4.78, 5) is 28.8. The number of piperidine rings is 1. The number of aromatic nitrogens is 3. The van der Waals surface area contributed by atoms with Crippen molar-refractivity contribution in [2.75, 3.05) is 13.1 Å². The fraction of sp³-hybridized carbons (Fsp3) is 0.550. The number of aryl methyl sites for hydroxylation is 1. The summed E-state index contributed by atoms with van der Waals surface area (Å²) in [6, 6.07) is 3.94. The summed E-state index contributed by atoms with van der Waals surface area (Å²) in [5.41, 5.74) is 0.424. The van der Waals surface area contributed by atoms with Gasteiger partial charge in [0.1, 0.15) is 22.7 Å². The molecule has 3 aromatic rings. The molecule has 0 saturated carbocycles. The van der Waals surface area contributed by atoms with Gasteiger partial charge in [0.05, 0.1) is 0 Å². The Morgan fingerprint density at radius 1 is 1.30 bits per heavy atom. The molecule has 0 aliphatic carbocycles. The van der Waals surface area contributed by atoms with Gasteiger partial charge in [-0.1, -0.05) is 20.8 Å². The molecule has 144 valence electrons. The third-order valence-corrected chi connectivity index (χ3v) is 6.25. The maximum atomic E-state index is 13.0. The summed E-state index contributed by atoms with van der Waals surface area (Å²) < 4.78 is 3.34. The average molecular weight is 387 g/mol. The molecule has 4 rings (SSSR count). The van der Waals surface area contributed by atoms with Crippen LogP contribution in [0.2, 0.25) is 0 Å². The zero-order chi connectivity index (χ0) is 19.1. The van der Waals surface area contributed by atoms with E-state index < -0.39 is 0 Å². The van der Waals surface area contributed by atoms with Gasteiger partial charge >= 0.3 is 0 Å². The molecule has 1 fully saturated rings. The van der Waals surface area contributed by atoms with E-state index in [1.54, 1.807) is 11.3 Å². The first-order chi connectivity index (χ1) is 13.0. The molecule has 1 aliphatic heterocycles. The van der Waals surface area contributed by atoms with Crippen molar-refractivity contribution < 1.29 is 4.79 Å². The average Bonchev–Trinajstić information content (AvgIpc) is 3.19. The van der Waals surface area contributed by atoms with Gasteiger partial charge in [0, 0.05) is 24.9 Å². The minimum atomic E-state index is -0.190. The predicted molar refractivity (Wildman–Crippen MR) is 108 cm³/mol. The molecule has 1 aliphatic rings. The van der Waals surface area contributed by atoms with E-state index in [1.165, 1.54) is 4.68 Å². The number of thiophene rings is 1. The topological polar surface area (TPSA) is 59.6 Å². The number of fused-ring (bicyclic) bond motifs is 3. The highest BCUT2D eigenvalue weighted by Crippen LogP contribution is 2.25. The highest BCUT2D eigenvalue weighted by Gasteiger charge is 2.26. The Hall–Kier alpha value is -2.15. The third kappa shape index (κ3) is 3.29. The standard InChI is InChI=1S/C20H26N4O2S/c1-4-5-17-21-23(12-18(25)22-10-13(2)8-14(3)11-22)19(26)16-9-15-6-7-27-20(15)24(16)17/h6-7,9,13-14H,4-5,8,10-12H2,1-3H3/t13-,14-/m0/s1. The Labute approximate surface area is 162 Å². The molecular weight excluding hydrogens is 360 g/mol. The van der Waals surface area contributed by atoms with Crippen molar-refractivity contribution >= 4 is 33.0 Å². The Bertz CT molecular complexity index is 1040. The third-order valence-electron chi connectivity index (χ3n) is 5.34. The van der Waals surface area contributed by atoms with E-state index in [-0.39, 0.29) is 18.0 Å². The highest BCUT2D eigenvalue weighted by molar-refractivity contribution is 7.16.